The van der Waals surface area contributed by atoms with Crippen molar-refractivity contribution in [3.05, 3.63) is 70.7 Å². The Bertz CT molecular complexity index is 964. The Kier molecular flexibility index (Phi) is 7.55. The van der Waals surface area contributed by atoms with Gasteiger partial charge in [0.1, 0.15) is 5.70 Å². The van der Waals surface area contributed by atoms with Crippen LogP contribution in [0.4, 0.5) is 0 Å². The quantitative estimate of drug-likeness (QED) is 0.547. The number of amides is 2. The summed E-state index contributed by atoms with van der Waals surface area (Å²) in [5.74, 6) is -0.610. The third-order valence-corrected chi connectivity index (χ3v) is 5.45. The number of hydrogen-bond acceptors (Lipinski definition) is 6. The van der Waals surface area contributed by atoms with Crippen LogP contribution < -0.4 is 0 Å². The van der Waals surface area contributed by atoms with Crippen LogP contribution in [-0.4, -0.2) is 67.1 Å². The van der Waals surface area contributed by atoms with Crippen molar-refractivity contribution in [2.45, 2.75) is 20.4 Å². The lowest BCUT2D eigenvalue weighted by atomic mass is 9.99. The van der Waals surface area contributed by atoms with Gasteiger partial charge in [0.2, 0.25) is 0 Å². The second-order valence-electron chi connectivity index (χ2n) is 7.55. The zero-order chi connectivity index (χ0) is 22.4. The number of rotatable bonds is 10. The summed E-state index contributed by atoms with van der Waals surface area (Å²) >= 11 is 0. The molecule has 0 saturated carbocycles. The molecule has 0 fully saturated rings. The molecule has 2 aromatic rings. The van der Waals surface area contributed by atoms with E-state index in [1.807, 2.05) is 43.0 Å². The Morgan fingerprint density at radius 1 is 0.968 bits per heavy atom. The van der Waals surface area contributed by atoms with Crippen molar-refractivity contribution in [2.75, 3.05) is 40.5 Å². The minimum Gasteiger partial charge on any atom is -0.383 e. The molecule has 1 aromatic heterocycles. The van der Waals surface area contributed by atoms with Gasteiger partial charge in [0.15, 0.2) is 0 Å². The Hall–Kier alpha value is -3.03. The number of nitrogens with zero attached hydrogens (tertiary/aromatic N) is 3. The number of imide groups is 1. The smallest absolute Gasteiger partial charge is 0.278 e. The second kappa shape index (κ2) is 10.3. The number of benzene rings is 1. The summed E-state index contributed by atoms with van der Waals surface area (Å²) in [5.41, 5.74) is 4.55. The van der Waals surface area contributed by atoms with Gasteiger partial charge in [0, 0.05) is 39.7 Å². The van der Waals surface area contributed by atoms with Gasteiger partial charge in [-0.05, 0) is 42.2 Å². The van der Waals surface area contributed by atoms with Crippen molar-refractivity contribution < 1.29 is 19.1 Å². The molecule has 0 atom stereocenters. The predicted octanol–water partition coefficient (Wildman–Crippen LogP) is 2.57. The van der Waals surface area contributed by atoms with Gasteiger partial charge in [-0.3, -0.25) is 19.5 Å². The molecule has 0 spiro atoms. The molecule has 0 N–H and O–H groups in total. The number of pyridine rings is 1. The van der Waals surface area contributed by atoms with Crippen LogP contribution in [0.25, 0.3) is 5.57 Å². The first-order valence-electron chi connectivity index (χ1n) is 10.3. The first-order chi connectivity index (χ1) is 15.0. The molecule has 0 saturated heterocycles. The van der Waals surface area contributed by atoms with Crippen LogP contribution in [0.2, 0.25) is 0 Å². The lowest BCUT2D eigenvalue weighted by Gasteiger charge is -2.25. The molecule has 1 aliphatic heterocycles. The normalized spacial score (nSPS) is 14.0. The van der Waals surface area contributed by atoms with Crippen LogP contribution in [0.3, 0.4) is 0 Å². The second-order valence-corrected chi connectivity index (χ2v) is 7.55. The van der Waals surface area contributed by atoms with Crippen molar-refractivity contribution in [1.82, 2.24) is 14.8 Å². The highest BCUT2D eigenvalue weighted by Gasteiger charge is 2.41. The van der Waals surface area contributed by atoms with E-state index < -0.39 is 0 Å². The summed E-state index contributed by atoms with van der Waals surface area (Å²) in [4.78, 5) is 34.3. The van der Waals surface area contributed by atoms with Gasteiger partial charge in [-0.25, -0.2) is 0 Å². The first kappa shape index (κ1) is 22.7. The number of carbonyl (C=O) groups is 2. The number of methoxy groups -OCH3 is 2. The lowest BCUT2D eigenvalue weighted by molar-refractivity contribution is -0.138. The summed E-state index contributed by atoms with van der Waals surface area (Å²) in [6.07, 6.45) is 3.33. The summed E-state index contributed by atoms with van der Waals surface area (Å²) in [5, 5.41) is 0. The molecule has 0 radical (unpaired) electrons. The Balaban J connectivity index is 2.07. The number of aromatic nitrogens is 1. The fourth-order valence-electron chi connectivity index (χ4n) is 3.57. The van der Waals surface area contributed by atoms with E-state index in [4.69, 9.17) is 9.47 Å². The van der Waals surface area contributed by atoms with Crippen LogP contribution in [0, 0.1) is 13.8 Å². The fourth-order valence-corrected chi connectivity index (χ4v) is 3.57. The summed E-state index contributed by atoms with van der Waals surface area (Å²) in [7, 11) is 3.23. The molecule has 2 heterocycles. The summed E-state index contributed by atoms with van der Waals surface area (Å²) in [6.45, 7) is 6.00. The Morgan fingerprint density at radius 2 is 1.68 bits per heavy atom. The number of carbonyl (C=O) groups excluding carboxylic acids is 2. The number of ether oxygens (including phenoxy) is 2. The molecule has 1 aromatic carbocycles. The molecule has 3 rings (SSSR count). The molecule has 164 valence electrons. The monoisotopic (exact) mass is 423 g/mol. The molecule has 7 nitrogen and oxygen atoms in total. The van der Waals surface area contributed by atoms with Crippen molar-refractivity contribution in [2.24, 2.45) is 0 Å². The van der Waals surface area contributed by atoms with Crippen LogP contribution in [-0.2, 0) is 25.6 Å². The highest BCUT2D eigenvalue weighted by Crippen LogP contribution is 2.33. The van der Waals surface area contributed by atoms with E-state index in [1.165, 1.54) is 4.90 Å². The Labute approximate surface area is 183 Å². The fraction of sp³-hybridized carbons (Fsp3) is 0.375. The van der Waals surface area contributed by atoms with Crippen LogP contribution in [0.5, 0.6) is 0 Å². The van der Waals surface area contributed by atoms with E-state index in [9.17, 15) is 9.59 Å². The molecule has 0 aliphatic carbocycles. The van der Waals surface area contributed by atoms with Gasteiger partial charge < -0.3 is 14.4 Å². The van der Waals surface area contributed by atoms with E-state index in [0.29, 0.717) is 37.6 Å². The lowest BCUT2D eigenvalue weighted by Crippen LogP contribution is -2.37. The maximum absolute atomic E-state index is 13.5. The molecule has 31 heavy (non-hydrogen) atoms. The van der Waals surface area contributed by atoms with E-state index in [1.54, 1.807) is 32.7 Å². The molecule has 0 unspecified atom stereocenters. The molecular weight excluding hydrogens is 394 g/mol. The van der Waals surface area contributed by atoms with E-state index in [0.717, 1.165) is 22.3 Å². The minimum absolute atomic E-state index is 0.172. The molecular formula is C24H29N3O4. The molecule has 0 bridgehead atoms. The highest BCUT2D eigenvalue weighted by atomic mass is 16.5. The van der Waals surface area contributed by atoms with Gasteiger partial charge in [-0.1, -0.05) is 24.3 Å². The maximum Gasteiger partial charge on any atom is 0.278 e. The number of aryl methyl sites for hydroxylation is 2. The Morgan fingerprint density at radius 3 is 2.26 bits per heavy atom. The topological polar surface area (TPSA) is 72.0 Å². The van der Waals surface area contributed by atoms with Crippen molar-refractivity contribution >= 4 is 17.4 Å². The van der Waals surface area contributed by atoms with E-state index in [-0.39, 0.29) is 18.4 Å². The SMILES string of the molecule is COCCN(CCOC)C1=C(c2ccc(C)c(C)c2)C(=O)N(Cc2cccnc2)C1=O. The van der Waals surface area contributed by atoms with Gasteiger partial charge in [-0.2, -0.15) is 0 Å². The third kappa shape index (κ3) is 5.00. The molecule has 2 amide bonds. The third-order valence-electron chi connectivity index (χ3n) is 5.45. The average molecular weight is 424 g/mol. The average Bonchev–Trinajstić information content (AvgIpc) is 3.01. The van der Waals surface area contributed by atoms with Gasteiger partial charge in [-0.15, -0.1) is 0 Å². The standard InChI is InChI=1S/C24H29N3O4/c1-17-7-8-20(14-18(17)2)21-22(26(10-12-30-3)11-13-31-4)24(29)27(23(21)28)16-19-6-5-9-25-15-19/h5-9,14-15H,10-13,16H2,1-4H3. The highest BCUT2D eigenvalue weighted by molar-refractivity contribution is 6.35. The van der Waals surface area contributed by atoms with E-state index in [2.05, 4.69) is 4.98 Å². The summed E-state index contributed by atoms with van der Waals surface area (Å²) < 4.78 is 10.5. The van der Waals surface area contributed by atoms with Crippen LogP contribution in [0.15, 0.2) is 48.4 Å². The van der Waals surface area contributed by atoms with Crippen LogP contribution >= 0.6 is 0 Å². The van der Waals surface area contributed by atoms with Gasteiger partial charge in [0.05, 0.1) is 25.3 Å². The van der Waals surface area contributed by atoms with Gasteiger partial charge >= 0.3 is 0 Å². The maximum atomic E-state index is 13.5. The van der Waals surface area contributed by atoms with Crippen molar-refractivity contribution in [3.63, 3.8) is 0 Å². The van der Waals surface area contributed by atoms with Gasteiger partial charge in [0.25, 0.3) is 11.8 Å². The predicted molar refractivity (Wildman–Crippen MR) is 118 cm³/mol. The zero-order valence-corrected chi connectivity index (χ0v) is 18.6. The summed E-state index contributed by atoms with van der Waals surface area (Å²) in [6, 6.07) is 9.50. The molecule has 7 heteroatoms. The zero-order valence-electron chi connectivity index (χ0n) is 18.6. The van der Waals surface area contributed by atoms with Crippen LogP contribution in [0.1, 0.15) is 22.3 Å². The van der Waals surface area contributed by atoms with Crippen molar-refractivity contribution in [3.8, 4) is 0 Å². The minimum atomic E-state index is -0.311. The number of hydrogen-bond donors (Lipinski definition) is 0. The molecule has 1 aliphatic rings. The van der Waals surface area contributed by atoms with Crippen molar-refractivity contribution in [1.29, 1.82) is 0 Å². The van der Waals surface area contributed by atoms with E-state index >= 15 is 0 Å². The largest absolute Gasteiger partial charge is 0.383 e. The first-order valence-corrected chi connectivity index (χ1v) is 10.3.